The van der Waals surface area contributed by atoms with Crippen molar-refractivity contribution in [2.75, 3.05) is 0 Å². The highest BCUT2D eigenvalue weighted by Crippen LogP contribution is 2.26. The Labute approximate surface area is 105 Å². The predicted molar refractivity (Wildman–Crippen MR) is 69.9 cm³/mol. The molecule has 1 aromatic heterocycles. The normalized spacial score (nSPS) is 10.8. The lowest BCUT2D eigenvalue weighted by Gasteiger charge is -2.02. The molecule has 0 aliphatic carbocycles. The average Bonchev–Trinajstić information content (AvgIpc) is 2.67. The molecule has 3 nitrogen and oxygen atoms in total. The molecule has 0 unspecified atom stereocenters. The van der Waals surface area contributed by atoms with E-state index in [4.69, 9.17) is 10.3 Å². The summed E-state index contributed by atoms with van der Waals surface area (Å²) in [5, 5.41) is 3.95. The van der Waals surface area contributed by atoms with E-state index in [0.717, 1.165) is 22.8 Å². The minimum Gasteiger partial charge on any atom is -0.361 e. The maximum absolute atomic E-state index is 5.56. The van der Waals surface area contributed by atoms with Gasteiger partial charge in [0, 0.05) is 22.8 Å². The summed E-state index contributed by atoms with van der Waals surface area (Å²) in [5.74, 6) is 1.80. The molecule has 2 rings (SSSR count). The van der Waals surface area contributed by atoms with Crippen LogP contribution in [0, 0.1) is 13.8 Å². The molecule has 90 valence electrons. The van der Waals surface area contributed by atoms with Gasteiger partial charge in [-0.15, -0.1) is 11.8 Å². The van der Waals surface area contributed by atoms with E-state index in [2.05, 4.69) is 29.4 Å². The zero-order valence-corrected chi connectivity index (χ0v) is 10.9. The van der Waals surface area contributed by atoms with Crippen LogP contribution >= 0.6 is 11.8 Å². The molecule has 0 aliphatic rings. The third-order valence-electron chi connectivity index (χ3n) is 2.72. The van der Waals surface area contributed by atoms with Gasteiger partial charge in [0.2, 0.25) is 0 Å². The van der Waals surface area contributed by atoms with E-state index in [1.165, 1.54) is 10.5 Å². The van der Waals surface area contributed by atoms with E-state index in [-0.39, 0.29) is 0 Å². The van der Waals surface area contributed by atoms with Crippen molar-refractivity contribution in [1.82, 2.24) is 5.16 Å². The molecule has 0 spiro atoms. The maximum Gasteiger partial charge on any atom is 0.137 e. The highest BCUT2D eigenvalue weighted by molar-refractivity contribution is 7.98. The third kappa shape index (κ3) is 2.90. The highest BCUT2D eigenvalue weighted by Gasteiger charge is 2.08. The van der Waals surface area contributed by atoms with Crippen molar-refractivity contribution in [3.63, 3.8) is 0 Å². The third-order valence-corrected chi connectivity index (χ3v) is 3.76. The van der Waals surface area contributed by atoms with Crippen LogP contribution in [0.3, 0.4) is 0 Å². The Bertz CT molecular complexity index is 471. The van der Waals surface area contributed by atoms with Crippen LogP contribution in [-0.2, 0) is 12.3 Å². The fraction of sp³-hybridized carbons (Fsp3) is 0.308. The first-order valence-electron chi connectivity index (χ1n) is 5.54. The number of rotatable bonds is 4. The number of aromatic nitrogens is 1. The number of nitrogens with two attached hydrogens (primary N) is 1. The molecule has 0 atom stereocenters. The molecule has 2 aromatic rings. The molecule has 0 bridgehead atoms. The van der Waals surface area contributed by atoms with E-state index in [0.29, 0.717) is 6.54 Å². The topological polar surface area (TPSA) is 52.0 Å². The van der Waals surface area contributed by atoms with Crippen LogP contribution in [0.2, 0.25) is 0 Å². The molecule has 1 heterocycles. The van der Waals surface area contributed by atoms with E-state index in [1.54, 1.807) is 11.8 Å². The quantitative estimate of drug-likeness (QED) is 0.845. The van der Waals surface area contributed by atoms with Crippen molar-refractivity contribution < 1.29 is 4.52 Å². The minimum atomic E-state index is 0.592. The zero-order valence-electron chi connectivity index (χ0n) is 10.1. The fourth-order valence-corrected chi connectivity index (χ4v) is 2.64. The largest absolute Gasteiger partial charge is 0.361 e. The van der Waals surface area contributed by atoms with Gasteiger partial charge in [-0.25, -0.2) is 0 Å². The van der Waals surface area contributed by atoms with Crippen LogP contribution in [0.15, 0.2) is 33.7 Å². The Morgan fingerprint density at radius 2 is 1.94 bits per heavy atom. The van der Waals surface area contributed by atoms with Crippen LogP contribution in [0.4, 0.5) is 0 Å². The number of thioether (sulfide) groups is 1. The standard InChI is InChI=1S/C13H16N2OS/c1-9-13(10(2)16-15-9)8-17-12-5-3-11(7-14)4-6-12/h3-6H,7-8,14H2,1-2H3. The first kappa shape index (κ1) is 12.2. The second-order valence-electron chi connectivity index (χ2n) is 3.94. The summed E-state index contributed by atoms with van der Waals surface area (Å²) in [6, 6.07) is 8.33. The van der Waals surface area contributed by atoms with Crippen molar-refractivity contribution in [3.8, 4) is 0 Å². The minimum absolute atomic E-state index is 0.592. The van der Waals surface area contributed by atoms with Gasteiger partial charge in [0.25, 0.3) is 0 Å². The monoisotopic (exact) mass is 248 g/mol. The highest BCUT2D eigenvalue weighted by atomic mass is 32.2. The molecule has 0 fully saturated rings. The second kappa shape index (κ2) is 5.38. The summed E-state index contributed by atoms with van der Waals surface area (Å²) in [5.41, 5.74) is 8.89. The van der Waals surface area contributed by atoms with E-state index in [9.17, 15) is 0 Å². The van der Waals surface area contributed by atoms with Gasteiger partial charge in [0.1, 0.15) is 5.76 Å². The molecular weight excluding hydrogens is 232 g/mol. The molecule has 4 heteroatoms. The average molecular weight is 248 g/mol. The molecule has 0 amide bonds. The summed E-state index contributed by atoms with van der Waals surface area (Å²) in [4.78, 5) is 1.24. The Balaban J connectivity index is 2.02. The zero-order chi connectivity index (χ0) is 12.3. The van der Waals surface area contributed by atoms with Crippen molar-refractivity contribution in [1.29, 1.82) is 0 Å². The van der Waals surface area contributed by atoms with Gasteiger partial charge < -0.3 is 10.3 Å². The molecule has 0 saturated heterocycles. The van der Waals surface area contributed by atoms with Crippen LogP contribution in [0.1, 0.15) is 22.6 Å². The molecule has 0 aliphatic heterocycles. The second-order valence-corrected chi connectivity index (χ2v) is 4.99. The molecule has 0 saturated carbocycles. The van der Waals surface area contributed by atoms with Crippen LogP contribution < -0.4 is 5.73 Å². The Morgan fingerprint density at radius 3 is 2.47 bits per heavy atom. The Morgan fingerprint density at radius 1 is 1.24 bits per heavy atom. The fourth-order valence-electron chi connectivity index (χ4n) is 1.59. The predicted octanol–water partition coefficient (Wildman–Crippen LogP) is 3.04. The van der Waals surface area contributed by atoms with Crippen LogP contribution in [0.5, 0.6) is 0 Å². The molecule has 2 N–H and O–H groups in total. The SMILES string of the molecule is Cc1noc(C)c1CSc1ccc(CN)cc1. The van der Waals surface area contributed by atoms with Crippen molar-refractivity contribution in [2.45, 2.75) is 31.0 Å². The van der Waals surface area contributed by atoms with Crippen molar-refractivity contribution in [3.05, 3.63) is 46.8 Å². The lowest BCUT2D eigenvalue weighted by atomic mass is 10.2. The van der Waals surface area contributed by atoms with E-state index in [1.807, 2.05) is 13.8 Å². The van der Waals surface area contributed by atoms with Gasteiger partial charge in [-0.1, -0.05) is 17.3 Å². The van der Waals surface area contributed by atoms with Crippen LogP contribution in [0.25, 0.3) is 0 Å². The van der Waals surface area contributed by atoms with Gasteiger partial charge in [0.15, 0.2) is 0 Å². The van der Waals surface area contributed by atoms with Crippen LogP contribution in [-0.4, -0.2) is 5.16 Å². The molecule has 1 aromatic carbocycles. The number of hydrogen-bond acceptors (Lipinski definition) is 4. The first-order valence-corrected chi connectivity index (χ1v) is 6.53. The summed E-state index contributed by atoms with van der Waals surface area (Å²) in [6.07, 6.45) is 0. The van der Waals surface area contributed by atoms with Crippen molar-refractivity contribution >= 4 is 11.8 Å². The van der Waals surface area contributed by atoms with Gasteiger partial charge in [-0.05, 0) is 31.5 Å². The van der Waals surface area contributed by atoms with Gasteiger partial charge in [0.05, 0.1) is 5.69 Å². The molecular formula is C13H16N2OS. The van der Waals surface area contributed by atoms with Gasteiger partial charge in [-0.2, -0.15) is 0 Å². The Hall–Kier alpha value is -1.26. The summed E-state index contributed by atoms with van der Waals surface area (Å²) >= 11 is 1.78. The Kier molecular flexibility index (Phi) is 3.86. The number of benzene rings is 1. The summed E-state index contributed by atoms with van der Waals surface area (Å²) in [7, 11) is 0. The number of hydrogen-bond donors (Lipinski definition) is 1. The summed E-state index contributed by atoms with van der Waals surface area (Å²) < 4.78 is 5.14. The number of aryl methyl sites for hydroxylation is 2. The molecule has 17 heavy (non-hydrogen) atoms. The van der Waals surface area contributed by atoms with Crippen molar-refractivity contribution in [2.24, 2.45) is 5.73 Å². The lowest BCUT2D eigenvalue weighted by Crippen LogP contribution is -1.95. The smallest absolute Gasteiger partial charge is 0.137 e. The van der Waals surface area contributed by atoms with E-state index >= 15 is 0 Å². The first-order chi connectivity index (χ1) is 8.20. The van der Waals surface area contributed by atoms with E-state index < -0.39 is 0 Å². The summed E-state index contributed by atoms with van der Waals surface area (Å²) in [6.45, 7) is 4.52. The van der Waals surface area contributed by atoms with Gasteiger partial charge >= 0.3 is 0 Å². The lowest BCUT2D eigenvalue weighted by molar-refractivity contribution is 0.392. The maximum atomic E-state index is 5.56. The molecule has 0 radical (unpaired) electrons. The number of nitrogens with zero attached hydrogens (tertiary/aromatic N) is 1. The van der Waals surface area contributed by atoms with Gasteiger partial charge in [-0.3, -0.25) is 0 Å².